The third-order valence-electron chi connectivity index (χ3n) is 10.8. The van der Waals surface area contributed by atoms with Crippen molar-refractivity contribution in [3.8, 4) is 0 Å². The van der Waals surface area contributed by atoms with Crippen molar-refractivity contribution in [2.24, 2.45) is 0 Å². The first-order valence-electron chi connectivity index (χ1n) is 18.9. The predicted molar refractivity (Wildman–Crippen MR) is 211 cm³/mol. The van der Waals surface area contributed by atoms with Gasteiger partial charge in [-0.1, -0.05) is 52.7 Å². The summed E-state index contributed by atoms with van der Waals surface area (Å²) in [6.07, 6.45) is -7.22. The van der Waals surface area contributed by atoms with Gasteiger partial charge >= 0.3 is 0 Å². The van der Waals surface area contributed by atoms with Crippen LogP contribution in [0.3, 0.4) is 0 Å². The van der Waals surface area contributed by atoms with Crippen LogP contribution in [0.5, 0.6) is 0 Å². The topological polar surface area (TPSA) is 20.3 Å². The standard InChI is InChI=1S/C24BF20.C21H22NOS/c26-5-1(6(27)14(35)21(42)13(5)34)25(2-7(28)15(36)22(43)16(37)8(2)29,3-9(30)17(38)23(44)18(39)10(3)31)4-11(32)19(40)24(45)20(41)12(4)33;1-22(2)19-15-13-18(14-16-19)17-24(23,20-9-5-3-6-10-20)21-11-7-4-8-12-21/h;3-16H,17H2,1-2H3/q-1;+1. The van der Waals surface area contributed by atoms with Crippen molar-refractivity contribution in [1.82, 2.24) is 0 Å². The van der Waals surface area contributed by atoms with Crippen LogP contribution in [0.4, 0.5) is 93.5 Å². The fraction of sp³-hybridized carbons (Fsp3) is 0.0667. The van der Waals surface area contributed by atoms with Gasteiger partial charge in [-0.3, -0.25) is 0 Å². The van der Waals surface area contributed by atoms with Crippen LogP contribution in [0.2, 0.25) is 0 Å². The number of nitrogens with zero attached hydrogens (tertiary/aromatic N) is 1. The first-order chi connectivity index (χ1) is 32.3. The van der Waals surface area contributed by atoms with Crippen LogP contribution in [0.15, 0.2) is 94.7 Å². The summed E-state index contributed by atoms with van der Waals surface area (Å²) in [5, 5.41) is 0. The van der Waals surface area contributed by atoms with Crippen LogP contribution < -0.4 is 26.8 Å². The van der Waals surface area contributed by atoms with Crippen molar-refractivity contribution in [3.05, 3.63) is 207 Å². The minimum Gasteiger partial charge on any atom is -0.378 e. The molecule has 69 heavy (non-hydrogen) atoms. The summed E-state index contributed by atoms with van der Waals surface area (Å²) in [5.41, 5.74) is -12.1. The Morgan fingerprint density at radius 3 is 0.768 bits per heavy atom. The molecule has 7 rings (SSSR count). The molecule has 0 saturated carbocycles. The Morgan fingerprint density at radius 2 is 0.551 bits per heavy atom. The van der Waals surface area contributed by atoms with Crippen LogP contribution in [0.25, 0.3) is 0 Å². The molecule has 0 bridgehead atoms. The fourth-order valence-electron chi connectivity index (χ4n) is 7.58. The summed E-state index contributed by atoms with van der Waals surface area (Å²) < 4.78 is 308. The second kappa shape index (κ2) is 19.3. The van der Waals surface area contributed by atoms with Crippen LogP contribution in [-0.4, -0.2) is 20.2 Å². The van der Waals surface area contributed by atoms with E-state index >= 15 is 35.1 Å². The molecule has 0 aliphatic heterocycles. The number of hydrogen-bond acceptors (Lipinski definition) is 2. The van der Waals surface area contributed by atoms with Gasteiger partial charge in [0.25, 0.3) is 0 Å². The van der Waals surface area contributed by atoms with E-state index < -0.39 is 154 Å². The van der Waals surface area contributed by atoms with Gasteiger partial charge in [0.05, 0.1) is 0 Å². The third kappa shape index (κ3) is 8.34. The summed E-state index contributed by atoms with van der Waals surface area (Å²) in [4.78, 5) is 3.83. The number of hydrogen-bond donors (Lipinski definition) is 0. The van der Waals surface area contributed by atoms with Crippen LogP contribution in [0, 0.1) is 116 Å². The zero-order valence-corrected chi connectivity index (χ0v) is 35.0. The highest BCUT2D eigenvalue weighted by Crippen LogP contribution is 2.34. The van der Waals surface area contributed by atoms with E-state index in [0.29, 0.717) is 5.75 Å². The van der Waals surface area contributed by atoms with Crippen molar-refractivity contribution < 1.29 is 92.0 Å². The molecule has 0 amide bonds. The molecule has 0 aliphatic rings. The van der Waals surface area contributed by atoms with Gasteiger partial charge in [0.15, 0.2) is 89.5 Å². The molecule has 0 saturated heterocycles. The lowest BCUT2D eigenvalue weighted by molar-refractivity contribution is 0.378. The Balaban J connectivity index is 0.000000273. The van der Waals surface area contributed by atoms with E-state index in [1.807, 2.05) is 74.8 Å². The molecule has 0 fully saturated rings. The highest BCUT2D eigenvalue weighted by atomic mass is 32.2. The normalized spacial score (nSPS) is 11.7. The Kier molecular flexibility index (Phi) is 14.4. The van der Waals surface area contributed by atoms with Gasteiger partial charge in [-0.25, -0.2) is 87.8 Å². The molecule has 24 heteroatoms. The number of benzene rings is 7. The lowest BCUT2D eigenvalue weighted by Gasteiger charge is -2.44. The largest absolute Gasteiger partial charge is 0.378 e. The van der Waals surface area contributed by atoms with Gasteiger partial charge in [0.2, 0.25) is 0 Å². The van der Waals surface area contributed by atoms with Crippen molar-refractivity contribution in [2.45, 2.75) is 15.5 Å². The van der Waals surface area contributed by atoms with E-state index in [1.165, 1.54) is 0 Å². The van der Waals surface area contributed by atoms with E-state index in [2.05, 4.69) is 29.2 Å². The molecule has 0 radical (unpaired) electrons. The summed E-state index contributed by atoms with van der Waals surface area (Å²) in [5.74, 6) is -70.9. The predicted octanol–water partition coefficient (Wildman–Crippen LogP) is 10.7. The highest BCUT2D eigenvalue weighted by molar-refractivity contribution is 8.02. The maximum Gasteiger partial charge on any atom is 0.200 e. The fourth-order valence-corrected chi connectivity index (χ4v) is 10.0. The molecule has 0 atom stereocenters. The SMILES string of the molecule is CN(C)c1ccc(C[S+](=O)(c2ccccc2)c2ccccc2)cc1.Fc1c(F)c(F)c([B-](c2c(F)c(F)c(F)c(F)c2F)(c2c(F)c(F)c(F)c(F)c2F)c2c(F)c(F)c(F)c(F)c2F)c(F)c1F. The minimum atomic E-state index is -7.22. The Morgan fingerprint density at radius 1 is 0.333 bits per heavy atom. The van der Waals surface area contributed by atoms with Crippen LogP contribution in [-0.2, 0) is 19.9 Å². The Labute approximate surface area is 376 Å². The smallest absolute Gasteiger partial charge is 0.200 e. The molecule has 0 spiro atoms. The monoisotopic (exact) mass is 1020 g/mol. The van der Waals surface area contributed by atoms with Crippen molar-refractivity contribution >= 4 is 43.6 Å². The zero-order valence-electron chi connectivity index (χ0n) is 34.2. The molecular weight excluding hydrogens is 993 g/mol. The Hall–Kier alpha value is -6.85. The molecule has 7 aromatic carbocycles. The van der Waals surface area contributed by atoms with Gasteiger partial charge in [0.1, 0.15) is 58.4 Å². The quantitative estimate of drug-likeness (QED) is 0.0472. The Bertz CT molecular complexity index is 2770. The first-order valence-corrected chi connectivity index (χ1v) is 20.6. The van der Waals surface area contributed by atoms with E-state index in [0.717, 1.165) is 21.0 Å². The van der Waals surface area contributed by atoms with Gasteiger partial charge in [-0.2, -0.15) is 0 Å². The second-order valence-electron chi connectivity index (χ2n) is 14.8. The number of anilines is 1. The van der Waals surface area contributed by atoms with E-state index in [4.69, 9.17) is 0 Å². The lowest BCUT2D eigenvalue weighted by atomic mass is 9.12. The number of halogens is 20. The average molecular weight is 1020 g/mol. The maximum absolute atomic E-state index is 15.4. The molecule has 0 unspecified atom stereocenters. The zero-order chi connectivity index (χ0) is 51.3. The van der Waals surface area contributed by atoms with Crippen molar-refractivity contribution in [3.63, 3.8) is 0 Å². The molecule has 362 valence electrons. The summed E-state index contributed by atoms with van der Waals surface area (Å²) in [6.45, 7) is 0. The summed E-state index contributed by atoms with van der Waals surface area (Å²) in [7, 11) is 1.69. The molecule has 0 aliphatic carbocycles. The molecule has 2 nitrogen and oxygen atoms in total. The molecule has 7 aromatic rings. The molecule has 0 aromatic heterocycles. The van der Waals surface area contributed by atoms with Crippen LogP contribution >= 0.6 is 0 Å². The van der Waals surface area contributed by atoms with Crippen molar-refractivity contribution in [1.29, 1.82) is 0 Å². The molecule has 0 N–H and O–H groups in total. The molecule has 0 heterocycles. The number of rotatable bonds is 9. The lowest BCUT2D eigenvalue weighted by Crippen LogP contribution is -2.81. The summed E-state index contributed by atoms with van der Waals surface area (Å²) in [6, 6.07) is 27.9. The summed E-state index contributed by atoms with van der Waals surface area (Å²) >= 11 is 0. The van der Waals surface area contributed by atoms with E-state index in [1.54, 1.807) is 0 Å². The van der Waals surface area contributed by atoms with Crippen molar-refractivity contribution in [2.75, 3.05) is 19.0 Å². The van der Waals surface area contributed by atoms with Gasteiger partial charge in [-0.05, 0) is 36.4 Å². The van der Waals surface area contributed by atoms with Gasteiger partial charge < -0.3 is 4.90 Å². The van der Waals surface area contributed by atoms with Crippen LogP contribution in [0.1, 0.15) is 5.56 Å². The first kappa shape index (κ1) is 51.5. The third-order valence-corrected chi connectivity index (χ3v) is 13.6. The van der Waals surface area contributed by atoms with Gasteiger partial charge in [0, 0.05) is 25.3 Å². The van der Waals surface area contributed by atoms with E-state index in [-0.39, 0.29) is 0 Å². The highest BCUT2D eigenvalue weighted by Gasteiger charge is 2.52. The minimum absolute atomic E-state index is 0.509. The molecular formula is C45H22BF20NOS. The van der Waals surface area contributed by atoms with Gasteiger partial charge in [-0.15, -0.1) is 21.9 Å². The average Bonchev–Trinajstić information content (AvgIpc) is 3.34. The second-order valence-corrected chi connectivity index (χ2v) is 17.4. The van der Waals surface area contributed by atoms with E-state index in [9.17, 15) is 56.9 Å². The maximum atomic E-state index is 15.4.